The molecule has 1 aliphatic heterocycles. The molecule has 2 N–H and O–H groups in total. The summed E-state index contributed by atoms with van der Waals surface area (Å²) in [6, 6.07) is 12.7. The molecular weight excluding hydrogens is 358 g/mol. The van der Waals surface area contributed by atoms with Crippen LogP contribution in [0.5, 0.6) is 11.5 Å². The van der Waals surface area contributed by atoms with Gasteiger partial charge in [0.2, 0.25) is 5.91 Å². The first-order valence-corrected chi connectivity index (χ1v) is 8.24. The second kappa shape index (κ2) is 7.22. The van der Waals surface area contributed by atoms with Gasteiger partial charge in [0, 0.05) is 25.1 Å². The molecule has 0 radical (unpaired) electrons. The Bertz CT molecular complexity index is 858. The number of likely N-dealkylation sites (N-methyl/N-ethyl adjacent to an activating group) is 1. The Morgan fingerprint density at radius 2 is 1.78 bits per heavy atom. The van der Waals surface area contributed by atoms with Gasteiger partial charge < -0.3 is 20.1 Å². The van der Waals surface area contributed by atoms with Gasteiger partial charge in [0.25, 0.3) is 5.91 Å². The number of carbonyl (C=O) groups excluding carboxylic acids is 2. The van der Waals surface area contributed by atoms with Crippen LogP contribution in [0.3, 0.4) is 0 Å². The van der Waals surface area contributed by atoms with E-state index in [1.807, 2.05) is 30.3 Å². The summed E-state index contributed by atoms with van der Waals surface area (Å²) < 4.78 is 35.0. The summed E-state index contributed by atoms with van der Waals surface area (Å²) in [5.41, 5.74) is 6.41. The third kappa shape index (κ3) is 4.33. The van der Waals surface area contributed by atoms with Crippen molar-refractivity contribution in [3.05, 3.63) is 59.7 Å². The minimum Gasteiger partial charge on any atom is -0.395 e. The lowest BCUT2D eigenvalue weighted by Gasteiger charge is -2.27. The van der Waals surface area contributed by atoms with Gasteiger partial charge in [-0.1, -0.05) is 30.3 Å². The van der Waals surface area contributed by atoms with E-state index >= 15 is 0 Å². The zero-order valence-corrected chi connectivity index (χ0v) is 14.5. The van der Waals surface area contributed by atoms with E-state index in [-0.39, 0.29) is 23.5 Å². The fraction of sp³-hybridized carbons (Fsp3) is 0.263. The smallest absolute Gasteiger partial charge is 0.395 e. The number of alkyl halides is 2. The number of nitrogens with two attached hydrogens (primary N) is 1. The predicted molar refractivity (Wildman–Crippen MR) is 92.5 cm³/mol. The second-order valence-corrected chi connectivity index (χ2v) is 6.26. The molecule has 142 valence electrons. The van der Waals surface area contributed by atoms with Gasteiger partial charge in [-0.2, -0.15) is 0 Å². The SMILES string of the molecule is CN(C(=O)c1ccc2c(c1)OC(F)(F)O2)[C@H](CC(N)=O)Cc1ccccc1. The van der Waals surface area contributed by atoms with Crippen LogP contribution in [0.25, 0.3) is 0 Å². The van der Waals surface area contributed by atoms with Crippen LogP contribution < -0.4 is 15.2 Å². The third-order valence-electron chi connectivity index (χ3n) is 4.27. The normalized spacial score (nSPS) is 15.2. The summed E-state index contributed by atoms with van der Waals surface area (Å²) in [6.07, 6.45) is -3.36. The molecule has 0 saturated heterocycles. The Labute approximate surface area is 154 Å². The Morgan fingerprint density at radius 1 is 1.11 bits per heavy atom. The van der Waals surface area contributed by atoms with E-state index in [0.29, 0.717) is 6.42 Å². The molecule has 0 bridgehead atoms. The van der Waals surface area contributed by atoms with Crippen molar-refractivity contribution in [3.8, 4) is 11.5 Å². The Kier molecular flexibility index (Phi) is 4.98. The van der Waals surface area contributed by atoms with E-state index in [1.165, 1.54) is 30.1 Å². The summed E-state index contributed by atoms with van der Waals surface area (Å²) in [7, 11) is 1.54. The van der Waals surface area contributed by atoms with Gasteiger partial charge in [0.05, 0.1) is 0 Å². The van der Waals surface area contributed by atoms with Gasteiger partial charge in [-0.25, -0.2) is 0 Å². The molecule has 27 heavy (non-hydrogen) atoms. The minimum atomic E-state index is -3.75. The van der Waals surface area contributed by atoms with Gasteiger partial charge in [-0.15, -0.1) is 8.78 Å². The number of carbonyl (C=O) groups is 2. The summed E-state index contributed by atoms with van der Waals surface area (Å²) in [6.45, 7) is 0. The summed E-state index contributed by atoms with van der Waals surface area (Å²) in [4.78, 5) is 25.6. The summed E-state index contributed by atoms with van der Waals surface area (Å²) in [5.74, 6) is -1.34. The van der Waals surface area contributed by atoms with Crippen molar-refractivity contribution in [1.29, 1.82) is 0 Å². The first kappa shape index (κ1) is 18.6. The first-order chi connectivity index (χ1) is 12.7. The largest absolute Gasteiger partial charge is 0.586 e. The van der Waals surface area contributed by atoms with Gasteiger partial charge in [-0.3, -0.25) is 9.59 Å². The number of ether oxygens (including phenoxy) is 2. The lowest BCUT2D eigenvalue weighted by atomic mass is 10.0. The Balaban J connectivity index is 1.80. The fourth-order valence-electron chi connectivity index (χ4n) is 2.92. The highest BCUT2D eigenvalue weighted by atomic mass is 19.3. The second-order valence-electron chi connectivity index (χ2n) is 6.26. The van der Waals surface area contributed by atoms with Crippen LogP contribution in [-0.2, 0) is 11.2 Å². The maximum absolute atomic E-state index is 13.2. The number of primary amides is 1. The lowest BCUT2D eigenvalue weighted by Crippen LogP contribution is -2.41. The molecule has 0 fully saturated rings. The number of hydrogen-bond acceptors (Lipinski definition) is 4. The van der Waals surface area contributed by atoms with E-state index in [4.69, 9.17) is 5.73 Å². The fourth-order valence-corrected chi connectivity index (χ4v) is 2.92. The average molecular weight is 376 g/mol. The zero-order chi connectivity index (χ0) is 19.6. The number of rotatable bonds is 6. The molecule has 2 amide bonds. The van der Waals surface area contributed by atoms with Crippen LogP contribution >= 0.6 is 0 Å². The quantitative estimate of drug-likeness (QED) is 0.840. The minimum absolute atomic E-state index is 0.0280. The highest BCUT2D eigenvalue weighted by Gasteiger charge is 2.43. The number of nitrogens with zero attached hydrogens (tertiary/aromatic N) is 1. The van der Waals surface area contributed by atoms with Gasteiger partial charge in [0.1, 0.15) is 0 Å². The molecule has 3 rings (SSSR count). The first-order valence-electron chi connectivity index (χ1n) is 8.24. The summed E-state index contributed by atoms with van der Waals surface area (Å²) >= 11 is 0. The van der Waals surface area contributed by atoms with Crippen LogP contribution in [0.15, 0.2) is 48.5 Å². The van der Waals surface area contributed by atoms with E-state index in [1.54, 1.807) is 0 Å². The Hall–Kier alpha value is -3.16. The van der Waals surface area contributed by atoms with Crippen molar-refractivity contribution in [2.24, 2.45) is 5.73 Å². The number of amides is 2. The number of fused-ring (bicyclic) bond motifs is 1. The average Bonchev–Trinajstić information content (AvgIpc) is 2.93. The third-order valence-corrected chi connectivity index (χ3v) is 4.27. The zero-order valence-electron chi connectivity index (χ0n) is 14.5. The molecule has 0 aliphatic carbocycles. The molecule has 1 heterocycles. The van der Waals surface area contributed by atoms with Crippen LogP contribution in [-0.4, -0.2) is 36.1 Å². The van der Waals surface area contributed by atoms with Crippen molar-refractivity contribution in [2.75, 3.05) is 7.05 Å². The molecule has 2 aromatic carbocycles. The molecule has 1 atom stereocenters. The van der Waals surface area contributed by atoms with E-state index in [0.717, 1.165) is 5.56 Å². The number of halogens is 2. The molecule has 0 unspecified atom stereocenters. The van der Waals surface area contributed by atoms with E-state index < -0.39 is 24.2 Å². The molecule has 0 aromatic heterocycles. The standard InChI is InChI=1S/C19H18F2N2O4/c1-23(14(11-17(22)24)9-12-5-3-2-4-6-12)18(25)13-7-8-15-16(10-13)27-19(20,21)26-15/h2-8,10,14H,9,11H2,1H3,(H2,22,24)/t14-/m0/s1. The van der Waals surface area contributed by atoms with Crippen molar-refractivity contribution < 1.29 is 27.8 Å². The van der Waals surface area contributed by atoms with E-state index in [2.05, 4.69) is 9.47 Å². The van der Waals surface area contributed by atoms with Crippen molar-refractivity contribution in [2.45, 2.75) is 25.2 Å². The molecule has 2 aromatic rings. The van der Waals surface area contributed by atoms with Crippen molar-refractivity contribution in [3.63, 3.8) is 0 Å². The van der Waals surface area contributed by atoms with E-state index in [9.17, 15) is 18.4 Å². The topological polar surface area (TPSA) is 81.9 Å². The van der Waals surface area contributed by atoms with Crippen LogP contribution in [0.2, 0.25) is 0 Å². The highest BCUT2D eigenvalue weighted by molar-refractivity contribution is 5.95. The molecule has 1 aliphatic rings. The lowest BCUT2D eigenvalue weighted by molar-refractivity contribution is -0.286. The maximum atomic E-state index is 13.2. The molecular formula is C19H18F2N2O4. The number of hydrogen-bond donors (Lipinski definition) is 1. The predicted octanol–water partition coefficient (Wildman–Crippen LogP) is 2.57. The van der Waals surface area contributed by atoms with Gasteiger partial charge in [-0.05, 0) is 30.2 Å². The molecule has 8 heteroatoms. The molecule has 0 saturated carbocycles. The molecule has 6 nitrogen and oxygen atoms in total. The highest BCUT2D eigenvalue weighted by Crippen LogP contribution is 2.41. The Morgan fingerprint density at radius 3 is 2.44 bits per heavy atom. The maximum Gasteiger partial charge on any atom is 0.586 e. The molecule has 0 spiro atoms. The monoisotopic (exact) mass is 376 g/mol. The van der Waals surface area contributed by atoms with Crippen LogP contribution in [0.4, 0.5) is 8.78 Å². The van der Waals surface area contributed by atoms with Gasteiger partial charge in [0.15, 0.2) is 11.5 Å². The van der Waals surface area contributed by atoms with Crippen LogP contribution in [0.1, 0.15) is 22.3 Å². The van der Waals surface area contributed by atoms with Crippen molar-refractivity contribution in [1.82, 2.24) is 4.90 Å². The summed E-state index contributed by atoms with van der Waals surface area (Å²) in [5, 5.41) is 0. The number of benzene rings is 2. The van der Waals surface area contributed by atoms with Crippen LogP contribution in [0, 0.1) is 0 Å². The van der Waals surface area contributed by atoms with Gasteiger partial charge >= 0.3 is 6.29 Å². The van der Waals surface area contributed by atoms with Crippen molar-refractivity contribution >= 4 is 11.8 Å².